The van der Waals surface area contributed by atoms with Gasteiger partial charge in [0.25, 0.3) is 0 Å². The van der Waals surface area contributed by atoms with E-state index in [-0.39, 0.29) is 18.4 Å². The molecule has 5 heteroatoms. The first-order chi connectivity index (χ1) is 9.08. The summed E-state index contributed by atoms with van der Waals surface area (Å²) in [6.45, 7) is 3.17. The number of carbonyl (C=O) groups excluding carboxylic acids is 1. The lowest BCUT2D eigenvalue weighted by Crippen LogP contribution is -2.40. The van der Waals surface area contributed by atoms with Gasteiger partial charge in [-0.15, -0.1) is 0 Å². The van der Waals surface area contributed by atoms with Crippen LogP contribution in [0.2, 0.25) is 0 Å². The van der Waals surface area contributed by atoms with Gasteiger partial charge in [-0.2, -0.15) is 0 Å². The van der Waals surface area contributed by atoms with E-state index < -0.39 is 5.97 Å². The van der Waals surface area contributed by atoms with Gasteiger partial charge < -0.3 is 15.7 Å². The van der Waals surface area contributed by atoms with E-state index in [1.165, 1.54) is 0 Å². The number of carboxylic acids is 1. The van der Waals surface area contributed by atoms with Crippen LogP contribution in [-0.2, 0) is 4.79 Å². The molecule has 0 saturated heterocycles. The molecule has 0 aromatic heterocycles. The second-order valence-corrected chi connectivity index (χ2v) is 5.28. The fourth-order valence-corrected chi connectivity index (χ4v) is 2.08. The summed E-state index contributed by atoms with van der Waals surface area (Å²) in [4.78, 5) is 22.0. The molecule has 0 aromatic rings. The minimum Gasteiger partial charge on any atom is -0.481 e. The summed E-state index contributed by atoms with van der Waals surface area (Å²) < 4.78 is 0. The van der Waals surface area contributed by atoms with E-state index in [9.17, 15) is 9.59 Å². The van der Waals surface area contributed by atoms with Crippen molar-refractivity contribution in [2.75, 3.05) is 13.1 Å². The minimum absolute atomic E-state index is 0.152. The minimum atomic E-state index is -0.790. The summed E-state index contributed by atoms with van der Waals surface area (Å²) >= 11 is 0. The summed E-state index contributed by atoms with van der Waals surface area (Å²) in [6, 6.07) is -0.156. The van der Waals surface area contributed by atoms with E-state index in [1.807, 2.05) is 6.92 Å². The topological polar surface area (TPSA) is 78.4 Å². The van der Waals surface area contributed by atoms with Gasteiger partial charge in [-0.1, -0.05) is 19.1 Å². The Hall–Kier alpha value is -1.52. The van der Waals surface area contributed by atoms with Crippen molar-refractivity contribution in [2.45, 2.75) is 39.0 Å². The van der Waals surface area contributed by atoms with Gasteiger partial charge in [0.15, 0.2) is 0 Å². The van der Waals surface area contributed by atoms with Crippen LogP contribution in [0, 0.1) is 11.8 Å². The molecule has 1 aliphatic rings. The normalized spacial score (nSPS) is 19.7. The lowest BCUT2D eigenvalue weighted by Gasteiger charge is -2.19. The van der Waals surface area contributed by atoms with Crippen LogP contribution in [0.15, 0.2) is 12.2 Å². The molecule has 2 amide bonds. The predicted molar refractivity (Wildman–Crippen MR) is 73.9 cm³/mol. The third-order valence-corrected chi connectivity index (χ3v) is 3.39. The molecule has 0 bridgehead atoms. The average molecular weight is 268 g/mol. The fourth-order valence-electron chi connectivity index (χ4n) is 2.08. The number of allylic oxidation sites excluding steroid dienone is 2. The molecule has 0 spiro atoms. The molecule has 108 valence electrons. The molecule has 0 heterocycles. The molecule has 2 unspecified atom stereocenters. The van der Waals surface area contributed by atoms with E-state index in [0.717, 1.165) is 19.3 Å². The molecule has 19 heavy (non-hydrogen) atoms. The second-order valence-electron chi connectivity index (χ2n) is 5.28. The zero-order valence-corrected chi connectivity index (χ0v) is 11.5. The molecule has 1 rings (SSSR count). The molecule has 0 saturated carbocycles. The highest BCUT2D eigenvalue weighted by molar-refractivity contribution is 5.73. The fraction of sp³-hybridized carbons (Fsp3) is 0.714. The molecule has 3 N–H and O–H groups in total. The van der Waals surface area contributed by atoms with Gasteiger partial charge in [0, 0.05) is 19.5 Å². The maximum Gasteiger partial charge on any atom is 0.314 e. The van der Waals surface area contributed by atoms with Crippen LogP contribution < -0.4 is 10.6 Å². The summed E-state index contributed by atoms with van der Waals surface area (Å²) in [5.74, 6) is -0.0682. The van der Waals surface area contributed by atoms with Crippen LogP contribution in [0.4, 0.5) is 4.79 Å². The number of aliphatic carboxylic acids is 1. The lowest BCUT2D eigenvalue weighted by molar-refractivity contribution is -0.137. The van der Waals surface area contributed by atoms with Crippen LogP contribution in [0.5, 0.6) is 0 Å². The zero-order valence-electron chi connectivity index (χ0n) is 11.5. The first-order valence-corrected chi connectivity index (χ1v) is 6.96. The van der Waals surface area contributed by atoms with Gasteiger partial charge in [-0.3, -0.25) is 4.79 Å². The lowest BCUT2D eigenvalue weighted by atomic mass is 9.94. The van der Waals surface area contributed by atoms with Crippen molar-refractivity contribution in [1.29, 1.82) is 0 Å². The number of urea groups is 1. The number of rotatable bonds is 7. The van der Waals surface area contributed by atoms with Gasteiger partial charge in [-0.05, 0) is 37.5 Å². The Kier molecular flexibility index (Phi) is 7.00. The zero-order chi connectivity index (χ0) is 14.1. The Balaban J connectivity index is 2.06. The molecule has 0 radical (unpaired) electrons. The summed E-state index contributed by atoms with van der Waals surface area (Å²) in [6.07, 6.45) is 8.35. The number of carbonyl (C=O) groups is 2. The molecule has 0 fully saturated rings. The molecular formula is C14H24N2O3. The monoisotopic (exact) mass is 268 g/mol. The SMILES string of the molecule is CC(CCC(=O)O)CNC(=O)NCC1CC=CCC1. The number of carboxylic acid groups (broad SMARTS) is 1. The highest BCUT2D eigenvalue weighted by atomic mass is 16.4. The molecular weight excluding hydrogens is 244 g/mol. The molecule has 2 atom stereocenters. The Morgan fingerprint density at radius 3 is 2.79 bits per heavy atom. The number of amides is 2. The van der Waals surface area contributed by atoms with Crippen LogP contribution in [0.25, 0.3) is 0 Å². The first kappa shape index (κ1) is 15.5. The highest BCUT2D eigenvalue weighted by Crippen LogP contribution is 2.16. The van der Waals surface area contributed by atoms with Crippen molar-refractivity contribution < 1.29 is 14.7 Å². The number of hydrogen-bond acceptors (Lipinski definition) is 2. The largest absolute Gasteiger partial charge is 0.481 e. The Labute approximate surface area is 114 Å². The number of hydrogen-bond donors (Lipinski definition) is 3. The van der Waals surface area contributed by atoms with E-state index in [2.05, 4.69) is 22.8 Å². The van der Waals surface area contributed by atoms with Crippen LogP contribution in [0.1, 0.15) is 39.0 Å². The Bertz CT molecular complexity index is 329. The van der Waals surface area contributed by atoms with Crippen molar-refractivity contribution in [3.05, 3.63) is 12.2 Å². The summed E-state index contributed by atoms with van der Waals surface area (Å²) in [5.41, 5.74) is 0. The smallest absolute Gasteiger partial charge is 0.314 e. The molecule has 1 aliphatic carbocycles. The van der Waals surface area contributed by atoms with Crippen molar-refractivity contribution in [2.24, 2.45) is 11.8 Å². The van der Waals surface area contributed by atoms with Crippen LogP contribution >= 0.6 is 0 Å². The van der Waals surface area contributed by atoms with E-state index in [1.54, 1.807) is 0 Å². The van der Waals surface area contributed by atoms with Crippen LogP contribution in [-0.4, -0.2) is 30.2 Å². The predicted octanol–water partition coefficient (Wildman–Crippen LogP) is 2.14. The van der Waals surface area contributed by atoms with Gasteiger partial charge in [0.1, 0.15) is 0 Å². The van der Waals surface area contributed by atoms with Crippen LogP contribution in [0.3, 0.4) is 0 Å². The number of nitrogens with one attached hydrogen (secondary N) is 2. The van der Waals surface area contributed by atoms with Crippen molar-refractivity contribution in [3.63, 3.8) is 0 Å². The van der Waals surface area contributed by atoms with Gasteiger partial charge >= 0.3 is 12.0 Å². The van der Waals surface area contributed by atoms with Crippen molar-refractivity contribution in [3.8, 4) is 0 Å². The van der Waals surface area contributed by atoms with Gasteiger partial charge in [-0.25, -0.2) is 4.79 Å². The Morgan fingerprint density at radius 2 is 2.16 bits per heavy atom. The standard InChI is InChI=1S/C14H24N2O3/c1-11(7-8-13(17)18)9-15-14(19)16-10-12-5-3-2-4-6-12/h2-3,11-12H,4-10H2,1H3,(H,17,18)(H2,15,16,19). The molecule has 0 aromatic carbocycles. The van der Waals surface area contributed by atoms with Gasteiger partial charge in [0.2, 0.25) is 0 Å². The quantitative estimate of drug-likeness (QED) is 0.619. The summed E-state index contributed by atoms with van der Waals surface area (Å²) in [5, 5.41) is 14.2. The van der Waals surface area contributed by atoms with E-state index >= 15 is 0 Å². The van der Waals surface area contributed by atoms with Crippen molar-refractivity contribution >= 4 is 12.0 Å². The molecule has 5 nitrogen and oxygen atoms in total. The Morgan fingerprint density at radius 1 is 1.37 bits per heavy atom. The first-order valence-electron chi connectivity index (χ1n) is 6.96. The third kappa shape index (κ3) is 7.49. The van der Waals surface area contributed by atoms with Crippen molar-refractivity contribution in [1.82, 2.24) is 10.6 Å². The van der Waals surface area contributed by atoms with E-state index in [4.69, 9.17) is 5.11 Å². The second kappa shape index (κ2) is 8.56. The maximum atomic E-state index is 11.6. The third-order valence-electron chi connectivity index (χ3n) is 3.39. The summed E-state index contributed by atoms with van der Waals surface area (Å²) in [7, 11) is 0. The molecule has 0 aliphatic heterocycles. The average Bonchev–Trinajstić information content (AvgIpc) is 2.41. The van der Waals surface area contributed by atoms with E-state index in [0.29, 0.717) is 25.4 Å². The maximum absolute atomic E-state index is 11.6. The van der Waals surface area contributed by atoms with Gasteiger partial charge in [0.05, 0.1) is 0 Å². The highest BCUT2D eigenvalue weighted by Gasteiger charge is 2.12.